The van der Waals surface area contributed by atoms with Gasteiger partial charge in [0.25, 0.3) is 0 Å². The van der Waals surface area contributed by atoms with Gasteiger partial charge in [0.2, 0.25) is 0 Å². The molecule has 0 saturated heterocycles. The van der Waals surface area contributed by atoms with Crippen LogP contribution in [0.5, 0.6) is 0 Å². The maximum Gasteiger partial charge on any atom is 0.174 e. The minimum Gasteiger partial charge on any atom is -0.361 e. The van der Waals surface area contributed by atoms with E-state index in [1.54, 1.807) is 0 Å². The summed E-state index contributed by atoms with van der Waals surface area (Å²) in [5.41, 5.74) is 5.77. The molecule has 2 heteroatoms. The monoisotopic (exact) mass is 241 g/mol. The van der Waals surface area contributed by atoms with E-state index in [-0.39, 0.29) is 11.7 Å². The summed E-state index contributed by atoms with van der Waals surface area (Å²) in [6, 6.07) is 0. The third-order valence-electron chi connectivity index (χ3n) is 4.27. The lowest BCUT2D eigenvalue weighted by molar-refractivity contribution is -0.118. The summed E-state index contributed by atoms with van der Waals surface area (Å²) < 4.78 is 0. The highest BCUT2D eigenvalue weighted by Gasteiger charge is 2.38. The topological polar surface area (TPSA) is 29.1 Å². The van der Waals surface area contributed by atoms with Gasteiger partial charge in [-0.1, -0.05) is 18.2 Å². The van der Waals surface area contributed by atoms with Crippen LogP contribution in [0.4, 0.5) is 0 Å². The second kappa shape index (κ2) is 4.27. The largest absolute Gasteiger partial charge is 0.361 e. The standard InChI is InChI=1S/C16H19NO/c1-3-6-12-10(2)17-14-9-11-7-4-5-8-13(11)15(14)16(12)18/h3,12,17H,1-2,4-9H2. The summed E-state index contributed by atoms with van der Waals surface area (Å²) in [4.78, 5) is 12.6. The van der Waals surface area contributed by atoms with Gasteiger partial charge in [-0.25, -0.2) is 0 Å². The molecule has 1 N–H and O–H groups in total. The normalized spacial score (nSPS) is 27.0. The molecule has 0 fully saturated rings. The minimum absolute atomic E-state index is 0.116. The molecule has 2 nitrogen and oxygen atoms in total. The van der Waals surface area contributed by atoms with E-state index in [4.69, 9.17) is 0 Å². The van der Waals surface area contributed by atoms with Crippen LogP contribution >= 0.6 is 0 Å². The molecule has 3 aliphatic rings. The molecule has 3 rings (SSSR count). The van der Waals surface area contributed by atoms with Crippen molar-refractivity contribution in [3.8, 4) is 0 Å². The van der Waals surface area contributed by atoms with E-state index in [0.29, 0.717) is 6.42 Å². The molecule has 0 bridgehead atoms. The highest BCUT2D eigenvalue weighted by molar-refractivity contribution is 6.05. The van der Waals surface area contributed by atoms with E-state index in [1.165, 1.54) is 24.0 Å². The number of hydrogen-bond acceptors (Lipinski definition) is 2. The van der Waals surface area contributed by atoms with Gasteiger partial charge >= 0.3 is 0 Å². The molecule has 1 atom stereocenters. The van der Waals surface area contributed by atoms with Gasteiger partial charge in [-0.2, -0.15) is 0 Å². The summed E-state index contributed by atoms with van der Waals surface area (Å²) in [5.74, 6) is 0.149. The fourth-order valence-electron chi connectivity index (χ4n) is 3.38. The summed E-state index contributed by atoms with van der Waals surface area (Å²) in [6.07, 6.45) is 8.16. The van der Waals surface area contributed by atoms with Crippen molar-refractivity contribution in [1.29, 1.82) is 0 Å². The first-order valence-electron chi connectivity index (χ1n) is 6.77. The van der Waals surface area contributed by atoms with Gasteiger partial charge in [0.1, 0.15) is 0 Å². The zero-order valence-corrected chi connectivity index (χ0v) is 10.7. The Hall–Kier alpha value is -1.57. The maximum atomic E-state index is 12.6. The van der Waals surface area contributed by atoms with Crippen molar-refractivity contribution in [1.82, 2.24) is 5.32 Å². The summed E-state index contributed by atoms with van der Waals surface area (Å²) in [6.45, 7) is 7.75. The average Bonchev–Trinajstić information content (AvgIpc) is 2.72. The number of carbonyl (C=O) groups is 1. The van der Waals surface area contributed by atoms with Crippen molar-refractivity contribution in [3.63, 3.8) is 0 Å². The quantitative estimate of drug-likeness (QED) is 0.751. The number of Topliss-reactive ketones (excluding diaryl/α,β-unsaturated/α-hetero) is 1. The Morgan fingerprint density at radius 2 is 2.11 bits per heavy atom. The van der Waals surface area contributed by atoms with Crippen LogP contribution in [0.3, 0.4) is 0 Å². The van der Waals surface area contributed by atoms with Crippen LogP contribution in [0.2, 0.25) is 0 Å². The Kier molecular flexibility index (Phi) is 2.73. The van der Waals surface area contributed by atoms with E-state index in [0.717, 1.165) is 36.2 Å². The molecule has 1 heterocycles. The predicted octanol–water partition coefficient (Wildman–Crippen LogP) is 3.39. The van der Waals surface area contributed by atoms with Crippen LogP contribution in [0.15, 0.2) is 47.3 Å². The highest BCUT2D eigenvalue weighted by Crippen LogP contribution is 2.44. The molecule has 0 radical (unpaired) electrons. The van der Waals surface area contributed by atoms with Crippen molar-refractivity contribution in [2.45, 2.75) is 38.5 Å². The van der Waals surface area contributed by atoms with Crippen LogP contribution in [-0.4, -0.2) is 5.78 Å². The molecule has 0 aromatic heterocycles. The third-order valence-corrected chi connectivity index (χ3v) is 4.27. The Morgan fingerprint density at radius 1 is 1.33 bits per heavy atom. The number of rotatable bonds is 2. The molecule has 0 amide bonds. The first-order valence-corrected chi connectivity index (χ1v) is 6.77. The van der Waals surface area contributed by atoms with Gasteiger partial charge in [-0.05, 0) is 37.7 Å². The van der Waals surface area contributed by atoms with Gasteiger partial charge in [-0.3, -0.25) is 4.79 Å². The Morgan fingerprint density at radius 3 is 2.89 bits per heavy atom. The molecular formula is C16H19NO. The second-order valence-corrected chi connectivity index (χ2v) is 5.41. The summed E-state index contributed by atoms with van der Waals surface area (Å²) >= 11 is 0. The molecule has 2 aliphatic carbocycles. The van der Waals surface area contributed by atoms with Gasteiger partial charge < -0.3 is 5.32 Å². The van der Waals surface area contributed by atoms with E-state index >= 15 is 0 Å². The van der Waals surface area contributed by atoms with Gasteiger partial charge in [-0.15, -0.1) is 6.58 Å². The molecule has 18 heavy (non-hydrogen) atoms. The molecule has 1 aliphatic heterocycles. The predicted molar refractivity (Wildman–Crippen MR) is 72.7 cm³/mol. The van der Waals surface area contributed by atoms with Crippen LogP contribution in [-0.2, 0) is 4.79 Å². The number of hydrogen-bond donors (Lipinski definition) is 1. The molecule has 0 aromatic rings. The van der Waals surface area contributed by atoms with Gasteiger partial charge in [0, 0.05) is 23.4 Å². The SMILES string of the molecule is C=CCC1C(=C)NC2=C(C1=O)C1=C(CCCC1)C2. The first-order chi connectivity index (χ1) is 8.72. The number of carbonyl (C=O) groups excluding carboxylic acids is 1. The minimum atomic E-state index is -0.116. The Bertz CT molecular complexity index is 507. The summed E-state index contributed by atoms with van der Waals surface area (Å²) in [5, 5.41) is 3.37. The average molecular weight is 241 g/mol. The van der Waals surface area contributed by atoms with E-state index in [1.807, 2.05) is 6.08 Å². The van der Waals surface area contributed by atoms with Crippen LogP contribution in [0.25, 0.3) is 0 Å². The first kappa shape index (κ1) is 11.5. The lowest BCUT2D eigenvalue weighted by Crippen LogP contribution is -2.33. The second-order valence-electron chi connectivity index (χ2n) is 5.41. The van der Waals surface area contributed by atoms with Gasteiger partial charge in [0.05, 0.1) is 5.92 Å². The van der Waals surface area contributed by atoms with Crippen LogP contribution in [0, 0.1) is 5.92 Å². The van der Waals surface area contributed by atoms with E-state index in [2.05, 4.69) is 18.5 Å². The summed E-state index contributed by atoms with van der Waals surface area (Å²) in [7, 11) is 0. The van der Waals surface area contributed by atoms with Crippen molar-refractivity contribution in [2.75, 3.05) is 0 Å². The number of ketones is 1. The van der Waals surface area contributed by atoms with Crippen LogP contribution < -0.4 is 5.32 Å². The van der Waals surface area contributed by atoms with Crippen molar-refractivity contribution >= 4 is 5.78 Å². The van der Waals surface area contributed by atoms with Crippen molar-refractivity contribution < 1.29 is 4.79 Å². The molecule has 0 aromatic carbocycles. The highest BCUT2D eigenvalue weighted by atomic mass is 16.1. The van der Waals surface area contributed by atoms with Crippen molar-refractivity contribution in [2.24, 2.45) is 5.92 Å². The fourth-order valence-corrected chi connectivity index (χ4v) is 3.38. The number of nitrogens with one attached hydrogen (secondary N) is 1. The number of allylic oxidation sites excluding steroid dienone is 5. The van der Waals surface area contributed by atoms with Crippen molar-refractivity contribution in [3.05, 3.63) is 47.3 Å². The molecule has 1 unspecified atom stereocenters. The lowest BCUT2D eigenvalue weighted by atomic mass is 9.83. The van der Waals surface area contributed by atoms with E-state index in [9.17, 15) is 4.79 Å². The fraction of sp³-hybridized carbons (Fsp3) is 0.438. The Labute approximate surface area is 108 Å². The van der Waals surface area contributed by atoms with E-state index < -0.39 is 0 Å². The van der Waals surface area contributed by atoms with Gasteiger partial charge in [0.15, 0.2) is 5.78 Å². The molecule has 0 spiro atoms. The maximum absolute atomic E-state index is 12.6. The molecule has 0 saturated carbocycles. The lowest BCUT2D eigenvalue weighted by Gasteiger charge is -2.27. The zero-order chi connectivity index (χ0) is 12.7. The molecule has 94 valence electrons. The zero-order valence-electron chi connectivity index (χ0n) is 10.7. The smallest absolute Gasteiger partial charge is 0.174 e. The number of fused-ring (bicyclic) bond motifs is 1. The Balaban J connectivity index is 1.98. The molecular weight excluding hydrogens is 222 g/mol. The third kappa shape index (κ3) is 1.59. The van der Waals surface area contributed by atoms with Crippen LogP contribution in [0.1, 0.15) is 38.5 Å².